The molecule has 0 aromatic carbocycles. The molecule has 1 N–H and O–H groups in total. The van der Waals surface area contributed by atoms with Gasteiger partial charge in [0.15, 0.2) is 0 Å². The topological polar surface area (TPSA) is 30.5 Å². The lowest BCUT2D eigenvalue weighted by atomic mass is 10.3. The minimum Gasteiger partial charge on any atom is -0.376 e. The van der Waals surface area contributed by atoms with Gasteiger partial charge in [0.05, 0.1) is 25.9 Å². The Bertz CT molecular complexity index is 68.7. The normalized spacial score (nSPS) is 28.3. The molecule has 1 heterocycles. The van der Waals surface area contributed by atoms with Crippen LogP contribution >= 0.6 is 0 Å². The fraction of sp³-hybridized carbons (Fsp3) is 1.00. The van der Waals surface area contributed by atoms with Crippen LogP contribution in [0.5, 0.6) is 0 Å². The average Bonchev–Trinajstić information content (AvgIpc) is 1.91. The molecule has 3 nitrogen and oxygen atoms in total. The summed E-state index contributed by atoms with van der Waals surface area (Å²) in [6, 6.07) is 0. The van der Waals surface area contributed by atoms with Crippen molar-refractivity contribution in [2.75, 3.05) is 33.4 Å². The van der Waals surface area contributed by atoms with Gasteiger partial charge in [-0.2, -0.15) is 0 Å². The number of rotatable bonds is 2. The SMILES string of the molecule is CNC[C@@H]1COCCO1. The van der Waals surface area contributed by atoms with Crippen LogP contribution < -0.4 is 5.32 Å². The zero-order chi connectivity index (χ0) is 6.53. The Morgan fingerprint density at radius 3 is 3.00 bits per heavy atom. The van der Waals surface area contributed by atoms with Gasteiger partial charge in [0, 0.05) is 6.54 Å². The summed E-state index contributed by atoms with van der Waals surface area (Å²) in [4.78, 5) is 0. The minimum atomic E-state index is 0.267. The summed E-state index contributed by atoms with van der Waals surface area (Å²) in [5.41, 5.74) is 0. The summed E-state index contributed by atoms with van der Waals surface area (Å²) in [5.74, 6) is 0. The van der Waals surface area contributed by atoms with E-state index in [1.807, 2.05) is 7.05 Å². The van der Waals surface area contributed by atoms with E-state index in [4.69, 9.17) is 9.47 Å². The molecular formula is C6H13NO2. The Hall–Kier alpha value is -0.120. The third-order valence-electron chi connectivity index (χ3n) is 1.32. The van der Waals surface area contributed by atoms with Crippen LogP contribution in [-0.4, -0.2) is 39.5 Å². The Labute approximate surface area is 55.3 Å². The van der Waals surface area contributed by atoms with E-state index in [0.717, 1.165) is 26.4 Å². The van der Waals surface area contributed by atoms with Crippen molar-refractivity contribution in [3.05, 3.63) is 0 Å². The molecule has 3 heteroatoms. The number of likely N-dealkylation sites (N-methyl/N-ethyl adjacent to an activating group) is 1. The first-order valence-corrected chi connectivity index (χ1v) is 3.27. The maximum absolute atomic E-state index is 5.33. The lowest BCUT2D eigenvalue weighted by Crippen LogP contribution is -2.35. The second kappa shape index (κ2) is 3.82. The molecule has 1 rings (SSSR count). The second-order valence-electron chi connectivity index (χ2n) is 2.13. The predicted octanol–water partition coefficient (Wildman–Crippen LogP) is -0.379. The Morgan fingerprint density at radius 1 is 1.56 bits per heavy atom. The number of nitrogens with one attached hydrogen (secondary N) is 1. The first-order chi connectivity index (χ1) is 4.43. The summed E-state index contributed by atoms with van der Waals surface area (Å²) in [6.45, 7) is 3.12. The van der Waals surface area contributed by atoms with Gasteiger partial charge < -0.3 is 14.8 Å². The molecule has 0 amide bonds. The maximum Gasteiger partial charge on any atom is 0.0933 e. The van der Waals surface area contributed by atoms with Crippen molar-refractivity contribution in [2.45, 2.75) is 6.10 Å². The average molecular weight is 131 g/mol. The van der Waals surface area contributed by atoms with Gasteiger partial charge in [-0.05, 0) is 7.05 Å². The summed E-state index contributed by atoms with van der Waals surface area (Å²) < 4.78 is 10.5. The fourth-order valence-electron chi connectivity index (χ4n) is 0.882. The van der Waals surface area contributed by atoms with Crippen LogP contribution in [0.15, 0.2) is 0 Å². The van der Waals surface area contributed by atoms with E-state index in [9.17, 15) is 0 Å². The van der Waals surface area contributed by atoms with Crippen LogP contribution in [0.4, 0.5) is 0 Å². The van der Waals surface area contributed by atoms with Gasteiger partial charge in [-0.15, -0.1) is 0 Å². The predicted molar refractivity (Wildman–Crippen MR) is 34.5 cm³/mol. The van der Waals surface area contributed by atoms with E-state index in [0.29, 0.717) is 0 Å². The number of ether oxygens (including phenoxy) is 2. The molecule has 0 bridgehead atoms. The molecular weight excluding hydrogens is 118 g/mol. The Kier molecular flexibility index (Phi) is 2.97. The van der Waals surface area contributed by atoms with Crippen LogP contribution in [0.3, 0.4) is 0 Å². The van der Waals surface area contributed by atoms with Crippen molar-refractivity contribution in [1.29, 1.82) is 0 Å². The largest absolute Gasteiger partial charge is 0.376 e. The van der Waals surface area contributed by atoms with Gasteiger partial charge in [0.2, 0.25) is 0 Å². The molecule has 1 aliphatic heterocycles. The molecule has 0 spiro atoms. The molecule has 0 aromatic heterocycles. The van der Waals surface area contributed by atoms with E-state index in [-0.39, 0.29) is 6.10 Å². The van der Waals surface area contributed by atoms with E-state index in [1.54, 1.807) is 0 Å². The summed E-state index contributed by atoms with van der Waals surface area (Å²) in [6.07, 6.45) is 0.267. The zero-order valence-electron chi connectivity index (χ0n) is 5.72. The standard InChI is InChI=1S/C6H13NO2/c1-7-4-6-5-8-2-3-9-6/h6-7H,2-5H2,1H3/t6-/m1/s1. The molecule has 0 radical (unpaired) electrons. The van der Waals surface area contributed by atoms with Gasteiger partial charge in [-0.3, -0.25) is 0 Å². The van der Waals surface area contributed by atoms with Crippen LogP contribution in [-0.2, 0) is 9.47 Å². The van der Waals surface area contributed by atoms with Crippen molar-refractivity contribution in [1.82, 2.24) is 5.32 Å². The van der Waals surface area contributed by atoms with Gasteiger partial charge in [-0.1, -0.05) is 0 Å². The highest BCUT2D eigenvalue weighted by molar-refractivity contribution is 4.61. The van der Waals surface area contributed by atoms with Gasteiger partial charge in [0.1, 0.15) is 0 Å². The molecule has 1 saturated heterocycles. The van der Waals surface area contributed by atoms with E-state index in [2.05, 4.69) is 5.32 Å². The van der Waals surface area contributed by atoms with E-state index >= 15 is 0 Å². The number of hydrogen-bond acceptors (Lipinski definition) is 3. The molecule has 54 valence electrons. The van der Waals surface area contributed by atoms with Crippen molar-refractivity contribution >= 4 is 0 Å². The minimum absolute atomic E-state index is 0.267. The maximum atomic E-state index is 5.33. The van der Waals surface area contributed by atoms with Gasteiger partial charge in [0.25, 0.3) is 0 Å². The highest BCUT2D eigenvalue weighted by Gasteiger charge is 2.11. The molecule has 1 aliphatic rings. The molecule has 0 unspecified atom stereocenters. The molecule has 1 fully saturated rings. The van der Waals surface area contributed by atoms with Crippen LogP contribution in [0, 0.1) is 0 Å². The third kappa shape index (κ3) is 2.30. The van der Waals surface area contributed by atoms with Crippen molar-refractivity contribution in [3.63, 3.8) is 0 Å². The lowest BCUT2D eigenvalue weighted by molar-refractivity contribution is -0.0858. The third-order valence-corrected chi connectivity index (χ3v) is 1.32. The monoisotopic (exact) mass is 131 g/mol. The van der Waals surface area contributed by atoms with Crippen LogP contribution in [0.25, 0.3) is 0 Å². The molecule has 0 saturated carbocycles. The highest BCUT2D eigenvalue weighted by atomic mass is 16.6. The Morgan fingerprint density at radius 2 is 2.44 bits per heavy atom. The smallest absolute Gasteiger partial charge is 0.0933 e. The quantitative estimate of drug-likeness (QED) is 0.554. The van der Waals surface area contributed by atoms with Gasteiger partial charge >= 0.3 is 0 Å². The molecule has 0 aromatic rings. The van der Waals surface area contributed by atoms with Crippen molar-refractivity contribution in [3.8, 4) is 0 Å². The first kappa shape index (κ1) is 6.99. The summed E-state index contributed by atoms with van der Waals surface area (Å²) in [7, 11) is 1.91. The van der Waals surface area contributed by atoms with E-state index in [1.165, 1.54) is 0 Å². The van der Waals surface area contributed by atoms with Crippen molar-refractivity contribution < 1.29 is 9.47 Å². The van der Waals surface area contributed by atoms with E-state index < -0.39 is 0 Å². The molecule has 0 aliphatic carbocycles. The summed E-state index contributed by atoms with van der Waals surface area (Å²) >= 11 is 0. The second-order valence-corrected chi connectivity index (χ2v) is 2.13. The first-order valence-electron chi connectivity index (χ1n) is 3.27. The van der Waals surface area contributed by atoms with Crippen LogP contribution in [0.2, 0.25) is 0 Å². The molecule has 9 heavy (non-hydrogen) atoms. The fourth-order valence-corrected chi connectivity index (χ4v) is 0.882. The van der Waals surface area contributed by atoms with Crippen molar-refractivity contribution in [2.24, 2.45) is 0 Å². The Balaban J connectivity index is 2.08. The van der Waals surface area contributed by atoms with Crippen LogP contribution in [0.1, 0.15) is 0 Å². The number of hydrogen-bond donors (Lipinski definition) is 1. The lowest BCUT2D eigenvalue weighted by Gasteiger charge is -2.22. The highest BCUT2D eigenvalue weighted by Crippen LogP contribution is 1.97. The van der Waals surface area contributed by atoms with Gasteiger partial charge in [-0.25, -0.2) is 0 Å². The zero-order valence-corrected chi connectivity index (χ0v) is 5.72. The molecule has 1 atom stereocenters. The summed E-state index contributed by atoms with van der Waals surface area (Å²) in [5, 5.41) is 3.03.